The average molecular weight is 358 g/mol. The zero-order valence-electron chi connectivity index (χ0n) is 14.2. The lowest BCUT2D eigenvalue weighted by molar-refractivity contribution is -0.125. The number of hydrogen-bond donors (Lipinski definition) is 1. The van der Waals surface area contributed by atoms with Gasteiger partial charge >= 0.3 is 0 Å². The third kappa shape index (κ3) is 4.08. The summed E-state index contributed by atoms with van der Waals surface area (Å²) in [5.74, 6) is -0.258. The smallest absolute Gasteiger partial charge is 0.263 e. The first-order valence-corrected chi connectivity index (χ1v) is 9.23. The zero-order chi connectivity index (χ0) is 17.6. The molecule has 1 aliphatic heterocycles. The van der Waals surface area contributed by atoms with Crippen molar-refractivity contribution in [1.29, 1.82) is 0 Å². The van der Waals surface area contributed by atoms with Gasteiger partial charge in [0.05, 0.1) is 17.4 Å². The summed E-state index contributed by atoms with van der Waals surface area (Å²) < 4.78 is 5.00. The molecule has 0 spiro atoms. The molecule has 5 nitrogen and oxygen atoms in total. The van der Waals surface area contributed by atoms with Crippen LogP contribution in [0.15, 0.2) is 47.8 Å². The lowest BCUT2D eigenvalue weighted by Gasteiger charge is -2.18. The number of methoxy groups -OCH3 is 1. The minimum Gasteiger partial charge on any atom is -0.383 e. The van der Waals surface area contributed by atoms with Crippen LogP contribution in [0.2, 0.25) is 0 Å². The topological polar surface area (TPSA) is 58.6 Å². The quantitative estimate of drug-likeness (QED) is 0.807. The van der Waals surface area contributed by atoms with Gasteiger partial charge in [0, 0.05) is 32.7 Å². The Morgan fingerprint density at radius 1 is 1.20 bits per heavy atom. The minimum atomic E-state index is -0.247. The second-order valence-electron chi connectivity index (χ2n) is 6.09. The Morgan fingerprint density at radius 3 is 2.68 bits per heavy atom. The summed E-state index contributed by atoms with van der Waals surface area (Å²) in [5.41, 5.74) is 1.09. The van der Waals surface area contributed by atoms with Gasteiger partial charge in [0.2, 0.25) is 5.91 Å². The Hall–Kier alpha value is -2.18. The van der Waals surface area contributed by atoms with Crippen LogP contribution in [-0.4, -0.2) is 50.1 Å². The van der Waals surface area contributed by atoms with Crippen LogP contribution < -0.4 is 5.32 Å². The molecule has 1 saturated heterocycles. The fourth-order valence-corrected chi connectivity index (χ4v) is 3.93. The van der Waals surface area contributed by atoms with Crippen molar-refractivity contribution in [3.05, 3.63) is 58.3 Å². The second kappa shape index (κ2) is 8.27. The summed E-state index contributed by atoms with van der Waals surface area (Å²) in [4.78, 5) is 27.9. The van der Waals surface area contributed by atoms with Crippen LogP contribution in [0.5, 0.6) is 0 Å². The molecule has 2 amide bonds. The number of amides is 2. The standard InChI is InChI=1S/C19H22N2O3S/c1-24-10-9-20-18(22)16-13-21(19(23)17-8-5-11-25-17)12-15(16)14-6-3-2-4-7-14/h2-8,11,15-16H,9-10,12-13H2,1H3,(H,20,22). The van der Waals surface area contributed by atoms with Gasteiger partial charge in [-0.15, -0.1) is 11.3 Å². The van der Waals surface area contributed by atoms with E-state index in [4.69, 9.17) is 4.74 Å². The third-order valence-corrected chi connectivity index (χ3v) is 5.37. The maximum atomic E-state index is 12.7. The van der Waals surface area contributed by atoms with E-state index in [-0.39, 0.29) is 23.7 Å². The van der Waals surface area contributed by atoms with E-state index in [1.54, 1.807) is 12.0 Å². The predicted molar refractivity (Wildman–Crippen MR) is 97.8 cm³/mol. The van der Waals surface area contributed by atoms with E-state index in [0.29, 0.717) is 31.1 Å². The number of nitrogens with zero attached hydrogens (tertiary/aromatic N) is 1. The van der Waals surface area contributed by atoms with Gasteiger partial charge in [-0.25, -0.2) is 0 Å². The Labute approximate surface area is 151 Å². The molecule has 2 aromatic rings. The predicted octanol–water partition coefficient (Wildman–Crippen LogP) is 2.37. The highest BCUT2D eigenvalue weighted by atomic mass is 32.1. The van der Waals surface area contributed by atoms with Gasteiger partial charge in [-0.2, -0.15) is 0 Å². The van der Waals surface area contributed by atoms with E-state index in [9.17, 15) is 9.59 Å². The summed E-state index contributed by atoms with van der Waals surface area (Å²) in [5, 5.41) is 4.82. The Balaban J connectivity index is 1.77. The largest absolute Gasteiger partial charge is 0.383 e. The number of ether oxygens (including phenoxy) is 1. The van der Waals surface area contributed by atoms with E-state index in [1.807, 2.05) is 47.8 Å². The molecule has 1 fully saturated rings. The first-order valence-electron chi connectivity index (χ1n) is 8.35. The summed E-state index contributed by atoms with van der Waals surface area (Å²) >= 11 is 1.43. The molecule has 1 aromatic heterocycles. The van der Waals surface area contributed by atoms with Crippen molar-refractivity contribution in [3.63, 3.8) is 0 Å². The van der Waals surface area contributed by atoms with E-state index in [2.05, 4.69) is 5.32 Å². The maximum Gasteiger partial charge on any atom is 0.263 e. The average Bonchev–Trinajstić information content (AvgIpc) is 3.32. The van der Waals surface area contributed by atoms with Gasteiger partial charge in [-0.05, 0) is 17.0 Å². The van der Waals surface area contributed by atoms with Crippen LogP contribution in [0.3, 0.4) is 0 Å². The van der Waals surface area contributed by atoms with Gasteiger partial charge in [-0.3, -0.25) is 9.59 Å². The molecular weight excluding hydrogens is 336 g/mol. The molecule has 1 aromatic carbocycles. The van der Waals surface area contributed by atoms with Crippen LogP contribution in [0.25, 0.3) is 0 Å². The van der Waals surface area contributed by atoms with Crippen LogP contribution in [0.1, 0.15) is 21.2 Å². The van der Waals surface area contributed by atoms with Crippen molar-refractivity contribution in [2.24, 2.45) is 5.92 Å². The molecule has 0 radical (unpaired) electrons. The van der Waals surface area contributed by atoms with Crippen molar-refractivity contribution >= 4 is 23.2 Å². The molecule has 6 heteroatoms. The molecule has 0 saturated carbocycles. The molecule has 1 aliphatic rings. The summed E-state index contributed by atoms with van der Waals surface area (Å²) in [6, 6.07) is 13.7. The summed E-state index contributed by atoms with van der Waals surface area (Å²) in [6.45, 7) is 1.96. The Kier molecular flexibility index (Phi) is 5.83. The number of carbonyl (C=O) groups is 2. The molecule has 0 bridgehead atoms. The van der Waals surface area contributed by atoms with Crippen LogP contribution >= 0.6 is 11.3 Å². The lowest BCUT2D eigenvalue weighted by atomic mass is 9.88. The van der Waals surface area contributed by atoms with Crippen molar-refractivity contribution in [2.75, 3.05) is 33.4 Å². The Morgan fingerprint density at radius 2 is 2.00 bits per heavy atom. The maximum absolute atomic E-state index is 12.7. The lowest BCUT2D eigenvalue weighted by Crippen LogP contribution is -2.37. The molecule has 2 atom stereocenters. The normalized spacial score (nSPS) is 19.8. The van der Waals surface area contributed by atoms with Crippen molar-refractivity contribution in [1.82, 2.24) is 10.2 Å². The molecular formula is C19H22N2O3S. The number of likely N-dealkylation sites (tertiary alicyclic amines) is 1. The SMILES string of the molecule is COCCNC(=O)C1CN(C(=O)c2cccs2)CC1c1ccccc1. The highest BCUT2D eigenvalue weighted by Crippen LogP contribution is 2.34. The molecule has 2 unspecified atom stereocenters. The van der Waals surface area contributed by atoms with Gasteiger partial charge in [-0.1, -0.05) is 36.4 Å². The van der Waals surface area contributed by atoms with Crippen LogP contribution in [0.4, 0.5) is 0 Å². The number of thiophene rings is 1. The van der Waals surface area contributed by atoms with Gasteiger partial charge < -0.3 is 15.0 Å². The highest BCUT2D eigenvalue weighted by Gasteiger charge is 2.40. The molecule has 132 valence electrons. The molecule has 0 aliphatic carbocycles. The van der Waals surface area contributed by atoms with Crippen LogP contribution in [-0.2, 0) is 9.53 Å². The van der Waals surface area contributed by atoms with Gasteiger partial charge in [0.25, 0.3) is 5.91 Å². The number of hydrogen-bond acceptors (Lipinski definition) is 4. The first kappa shape index (κ1) is 17.6. The van der Waals surface area contributed by atoms with Gasteiger partial charge in [0.1, 0.15) is 0 Å². The van der Waals surface area contributed by atoms with E-state index in [0.717, 1.165) is 5.56 Å². The van der Waals surface area contributed by atoms with E-state index in [1.165, 1.54) is 11.3 Å². The Bertz CT molecular complexity index is 703. The van der Waals surface area contributed by atoms with Gasteiger partial charge in [0.15, 0.2) is 0 Å². The summed E-state index contributed by atoms with van der Waals surface area (Å²) in [7, 11) is 1.61. The number of carbonyl (C=O) groups excluding carboxylic acids is 2. The molecule has 2 heterocycles. The van der Waals surface area contributed by atoms with Crippen molar-refractivity contribution in [3.8, 4) is 0 Å². The minimum absolute atomic E-state index is 0.00289. The van der Waals surface area contributed by atoms with Crippen molar-refractivity contribution in [2.45, 2.75) is 5.92 Å². The molecule has 1 N–H and O–H groups in total. The highest BCUT2D eigenvalue weighted by molar-refractivity contribution is 7.12. The number of benzene rings is 1. The van der Waals surface area contributed by atoms with Crippen LogP contribution in [0, 0.1) is 5.92 Å². The number of rotatable bonds is 6. The number of nitrogens with one attached hydrogen (secondary N) is 1. The van der Waals surface area contributed by atoms with E-state index >= 15 is 0 Å². The molecule has 25 heavy (non-hydrogen) atoms. The fourth-order valence-electron chi connectivity index (χ4n) is 3.24. The monoisotopic (exact) mass is 358 g/mol. The zero-order valence-corrected chi connectivity index (χ0v) is 15.0. The third-order valence-electron chi connectivity index (χ3n) is 4.51. The first-order chi connectivity index (χ1) is 12.2. The van der Waals surface area contributed by atoms with E-state index < -0.39 is 0 Å². The van der Waals surface area contributed by atoms with Crippen molar-refractivity contribution < 1.29 is 14.3 Å². The second-order valence-corrected chi connectivity index (χ2v) is 7.04. The fraction of sp³-hybridized carbons (Fsp3) is 0.368. The summed E-state index contributed by atoms with van der Waals surface area (Å²) in [6.07, 6.45) is 0. The molecule has 3 rings (SSSR count).